The van der Waals surface area contributed by atoms with Gasteiger partial charge in [-0.05, 0) is 29.4 Å². The molecule has 0 amide bonds. The molecule has 0 N–H and O–H groups in total. The van der Waals surface area contributed by atoms with Crippen LogP contribution in [0.2, 0.25) is 0 Å². The van der Waals surface area contributed by atoms with Gasteiger partial charge in [-0.15, -0.1) is 0 Å². The van der Waals surface area contributed by atoms with Crippen molar-refractivity contribution in [2.75, 3.05) is 0 Å². The van der Waals surface area contributed by atoms with Crippen LogP contribution < -0.4 is 0 Å². The molecular weight excluding hydrogens is 228 g/mol. The predicted molar refractivity (Wildman–Crippen MR) is 74.2 cm³/mol. The van der Waals surface area contributed by atoms with Gasteiger partial charge >= 0.3 is 0 Å². The summed E-state index contributed by atoms with van der Waals surface area (Å²) in [6.45, 7) is 5.50. The van der Waals surface area contributed by atoms with Crippen molar-refractivity contribution in [3.8, 4) is 0 Å². The maximum absolute atomic E-state index is 4.73. The maximum Gasteiger partial charge on any atom is 0.173 e. The molecule has 2 heterocycles. The van der Waals surface area contributed by atoms with E-state index in [1.54, 1.807) is 11.8 Å². The first-order chi connectivity index (χ1) is 8.29. The number of fused-ring (bicyclic) bond motifs is 2. The summed E-state index contributed by atoms with van der Waals surface area (Å²) in [5.74, 6) is 0.612. The number of nitrogens with zero attached hydrogens (tertiary/aromatic N) is 2. The van der Waals surface area contributed by atoms with Gasteiger partial charge in [0.05, 0.1) is 12.2 Å². The summed E-state index contributed by atoms with van der Waals surface area (Å²) in [6, 6.07) is 8.42. The zero-order valence-electron chi connectivity index (χ0n) is 10.2. The molecule has 0 fully saturated rings. The zero-order chi connectivity index (χ0) is 11.8. The van der Waals surface area contributed by atoms with E-state index in [0.29, 0.717) is 5.92 Å². The van der Waals surface area contributed by atoms with E-state index >= 15 is 0 Å². The maximum atomic E-state index is 4.73. The highest BCUT2D eigenvalue weighted by molar-refractivity contribution is 8.16. The monoisotopic (exact) mass is 244 g/mol. The zero-order valence-corrected chi connectivity index (χ0v) is 11.0. The average molecular weight is 244 g/mol. The molecule has 1 aromatic carbocycles. The average Bonchev–Trinajstić information content (AvgIpc) is 2.78. The van der Waals surface area contributed by atoms with Crippen LogP contribution in [0.25, 0.3) is 0 Å². The van der Waals surface area contributed by atoms with E-state index in [-0.39, 0.29) is 0 Å². The second kappa shape index (κ2) is 4.22. The summed E-state index contributed by atoms with van der Waals surface area (Å²) in [5, 5.41) is 3.40. The SMILES string of the molecule is CCC(C)C1=CSC2=Nc3ccccc3CN12. The molecule has 3 heteroatoms. The fraction of sp³-hybridized carbons (Fsp3) is 0.357. The van der Waals surface area contributed by atoms with Gasteiger partial charge in [-0.3, -0.25) is 0 Å². The first-order valence-electron chi connectivity index (χ1n) is 6.10. The van der Waals surface area contributed by atoms with Crippen molar-refractivity contribution in [2.24, 2.45) is 10.9 Å². The molecule has 1 unspecified atom stereocenters. The standard InChI is InChI=1S/C14H16N2S/c1-3-10(2)13-9-17-14-15-12-7-5-4-6-11(12)8-16(13)14/h4-7,9-10H,3,8H2,1-2H3. The molecule has 1 aromatic rings. The van der Waals surface area contributed by atoms with Crippen molar-refractivity contribution >= 4 is 22.6 Å². The van der Waals surface area contributed by atoms with Gasteiger partial charge in [0.15, 0.2) is 5.17 Å². The number of rotatable bonds is 2. The molecule has 3 rings (SSSR count). The van der Waals surface area contributed by atoms with Crippen LogP contribution in [0, 0.1) is 5.92 Å². The van der Waals surface area contributed by atoms with Gasteiger partial charge in [0.2, 0.25) is 0 Å². The second-order valence-corrected chi connectivity index (χ2v) is 5.42. The van der Waals surface area contributed by atoms with Gasteiger partial charge < -0.3 is 4.90 Å². The van der Waals surface area contributed by atoms with Gasteiger partial charge in [-0.1, -0.05) is 43.8 Å². The quantitative estimate of drug-likeness (QED) is 0.777. The molecule has 0 aliphatic carbocycles. The van der Waals surface area contributed by atoms with E-state index in [1.807, 2.05) is 0 Å². The first kappa shape index (κ1) is 10.9. The summed E-state index contributed by atoms with van der Waals surface area (Å²) in [7, 11) is 0. The largest absolute Gasteiger partial charge is 0.319 e. The Morgan fingerprint density at radius 2 is 2.24 bits per heavy atom. The highest BCUT2D eigenvalue weighted by atomic mass is 32.2. The van der Waals surface area contributed by atoms with Crippen molar-refractivity contribution in [2.45, 2.75) is 26.8 Å². The van der Waals surface area contributed by atoms with Crippen LogP contribution in [0.15, 0.2) is 40.4 Å². The lowest BCUT2D eigenvalue weighted by Gasteiger charge is -2.29. The molecule has 2 aliphatic rings. The predicted octanol–water partition coefficient (Wildman–Crippen LogP) is 4.12. The van der Waals surface area contributed by atoms with Crippen molar-refractivity contribution < 1.29 is 0 Å². The molecule has 1 atom stereocenters. The summed E-state index contributed by atoms with van der Waals surface area (Å²) < 4.78 is 0. The molecule has 2 aliphatic heterocycles. The third-order valence-corrected chi connectivity index (χ3v) is 4.36. The summed E-state index contributed by atoms with van der Waals surface area (Å²) in [4.78, 5) is 7.09. The van der Waals surface area contributed by atoms with Crippen LogP contribution in [0.5, 0.6) is 0 Å². The Morgan fingerprint density at radius 1 is 1.41 bits per heavy atom. The van der Waals surface area contributed by atoms with Gasteiger partial charge in [-0.25, -0.2) is 4.99 Å². The van der Waals surface area contributed by atoms with E-state index in [9.17, 15) is 0 Å². The molecule has 88 valence electrons. The number of benzene rings is 1. The van der Waals surface area contributed by atoms with Crippen molar-refractivity contribution in [1.82, 2.24) is 4.90 Å². The molecule has 0 saturated carbocycles. The molecule has 17 heavy (non-hydrogen) atoms. The third kappa shape index (κ3) is 1.78. The summed E-state index contributed by atoms with van der Waals surface area (Å²) in [6.07, 6.45) is 1.18. The second-order valence-electron chi connectivity index (χ2n) is 4.58. The molecule has 0 saturated heterocycles. The van der Waals surface area contributed by atoms with Gasteiger partial charge in [0, 0.05) is 5.70 Å². The van der Waals surface area contributed by atoms with Crippen molar-refractivity contribution in [1.29, 1.82) is 0 Å². The minimum absolute atomic E-state index is 0.612. The van der Waals surface area contributed by atoms with Crippen LogP contribution in [0.3, 0.4) is 0 Å². The van der Waals surface area contributed by atoms with E-state index in [0.717, 1.165) is 17.4 Å². The van der Waals surface area contributed by atoms with Crippen molar-refractivity contribution in [3.63, 3.8) is 0 Å². The number of para-hydroxylation sites is 1. The number of hydrogen-bond donors (Lipinski definition) is 0. The van der Waals surface area contributed by atoms with Gasteiger partial charge in [0.1, 0.15) is 0 Å². The lowest BCUT2D eigenvalue weighted by atomic mass is 10.0. The van der Waals surface area contributed by atoms with Crippen LogP contribution in [0.1, 0.15) is 25.8 Å². The Labute approximate surface area is 106 Å². The van der Waals surface area contributed by atoms with Crippen LogP contribution in [0.4, 0.5) is 5.69 Å². The number of hydrogen-bond acceptors (Lipinski definition) is 3. The van der Waals surface area contributed by atoms with E-state index < -0.39 is 0 Å². The Morgan fingerprint density at radius 3 is 3.06 bits per heavy atom. The minimum atomic E-state index is 0.612. The Bertz CT molecular complexity index is 505. The fourth-order valence-corrected chi connectivity index (χ4v) is 3.25. The molecule has 2 nitrogen and oxygen atoms in total. The first-order valence-corrected chi connectivity index (χ1v) is 6.98. The summed E-state index contributed by atoms with van der Waals surface area (Å²) >= 11 is 1.76. The normalized spacial score (nSPS) is 19.3. The molecular formula is C14H16N2S. The number of thioether (sulfide) groups is 1. The van der Waals surface area contributed by atoms with E-state index in [2.05, 4.69) is 48.4 Å². The molecule has 0 radical (unpaired) electrons. The number of amidine groups is 1. The fourth-order valence-electron chi connectivity index (χ4n) is 2.21. The van der Waals surface area contributed by atoms with Crippen LogP contribution in [-0.2, 0) is 6.54 Å². The molecule has 0 aromatic heterocycles. The van der Waals surface area contributed by atoms with Gasteiger partial charge in [-0.2, -0.15) is 0 Å². The van der Waals surface area contributed by atoms with Crippen molar-refractivity contribution in [3.05, 3.63) is 40.9 Å². The molecule has 0 bridgehead atoms. The Hall–Kier alpha value is -1.22. The lowest BCUT2D eigenvalue weighted by molar-refractivity contribution is 0.435. The van der Waals surface area contributed by atoms with Gasteiger partial charge in [0.25, 0.3) is 0 Å². The molecule has 0 spiro atoms. The highest BCUT2D eigenvalue weighted by Gasteiger charge is 2.29. The van der Waals surface area contributed by atoms with Crippen LogP contribution >= 0.6 is 11.8 Å². The Kier molecular flexibility index (Phi) is 2.71. The number of allylic oxidation sites excluding steroid dienone is 1. The Balaban J connectivity index is 1.95. The number of aliphatic imine (C=N–C) groups is 1. The van der Waals surface area contributed by atoms with Crippen LogP contribution in [-0.4, -0.2) is 10.1 Å². The topological polar surface area (TPSA) is 15.6 Å². The highest BCUT2D eigenvalue weighted by Crippen LogP contribution is 2.39. The lowest BCUT2D eigenvalue weighted by Crippen LogP contribution is -2.28. The van der Waals surface area contributed by atoms with E-state index in [4.69, 9.17) is 4.99 Å². The smallest absolute Gasteiger partial charge is 0.173 e. The van der Waals surface area contributed by atoms with E-state index in [1.165, 1.54) is 17.7 Å². The summed E-state index contributed by atoms with van der Waals surface area (Å²) in [5.41, 5.74) is 3.88. The third-order valence-electron chi connectivity index (χ3n) is 3.48. The minimum Gasteiger partial charge on any atom is -0.319 e.